The number of imidazole rings is 1. The number of carbonyl (C=O) groups excluding carboxylic acids is 1. The maximum absolute atomic E-state index is 10.8. The average molecular weight is 198 g/mol. The summed E-state index contributed by atoms with van der Waals surface area (Å²) in [5.41, 5.74) is 0.703. The predicted octanol–water partition coefficient (Wildman–Crippen LogP) is 0.407. The van der Waals surface area contributed by atoms with E-state index in [2.05, 4.69) is 9.72 Å². The number of aliphatic hydroxyl groups is 1. The van der Waals surface area contributed by atoms with Crippen LogP contribution >= 0.6 is 0 Å². The highest BCUT2D eigenvalue weighted by Gasteiger charge is 2.13. The fourth-order valence-electron chi connectivity index (χ4n) is 1.19. The molecule has 0 bridgehead atoms. The smallest absolute Gasteiger partial charge is 0.305 e. The summed E-state index contributed by atoms with van der Waals surface area (Å²) in [5.74, 6) is -0.314. The summed E-state index contributed by atoms with van der Waals surface area (Å²) < 4.78 is 6.20. The van der Waals surface area contributed by atoms with Crippen LogP contribution in [0.15, 0.2) is 12.5 Å². The Hall–Kier alpha value is -1.36. The van der Waals surface area contributed by atoms with E-state index in [1.807, 2.05) is 0 Å². The second kappa shape index (κ2) is 4.76. The van der Waals surface area contributed by atoms with E-state index in [4.69, 9.17) is 0 Å². The van der Waals surface area contributed by atoms with Crippen molar-refractivity contribution in [1.29, 1.82) is 0 Å². The fraction of sp³-hybridized carbons (Fsp3) is 0.556. The van der Waals surface area contributed by atoms with E-state index in [-0.39, 0.29) is 12.4 Å². The molecular weight excluding hydrogens is 184 g/mol. The summed E-state index contributed by atoms with van der Waals surface area (Å²) >= 11 is 0. The minimum absolute atomic E-state index is 0.211. The van der Waals surface area contributed by atoms with E-state index in [9.17, 15) is 9.90 Å². The summed E-state index contributed by atoms with van der Waals surface area (Å²) in [6.45, 7) is 0. The van der Waals surface area contributed by atoms with Gasteiger partial charge < -0.3 is 14.4 Å². The quantitative estimate of drug-likeness (QED) is 0.711. The van der Waals surface area contributed by atoms with Gasteiger partial charge in [0.25, 0.3) is 0 Å². The Morgan fingerprint density at radius 2 is 2.50 bits per heavy atom. The molecule has 0 aliphatic heterocycles. The third kappa shape index (κ3) is 2.56. The molecule has 0 radical (unpaired) electrons. The van der Waals surface area contributed by atoms with Crippen molar-refractivity contribution in [3.8, 4) is 0 Å². The van der Waals surface area contributed by atoms with Crippen LogP contribution in [-0.4, -0.2) is 27.7 Å². The maximum Gasteiger partial charge on any atom is 0.305 e. The maximum atomic E-state index is 10.8. The normalized spacial score (nSPS) is 12.5. The zero-order chi connectivity index (χ0) is 10.6. The predicted molar refractivity (Wildman–Crippen MR) is 49.4 cm³/mol. The molecule has 1 aromatic rings. The number of carbonyl (C=O) groups is 1. The second-order valence-corrected chi connectivity index (χ2v) is 3.06. The third-order valence-electron chi connectivity index (χ3n) is 2.04. The molecule has 0 saturated carbocycles. The first kappa shape index (κ1) is 10.7. The number of aryl methyl sites for hydroxylation is 1. The molecule has 0 aliphatic rings. The van der Waals surface area contributed by atoms with Crippen LogP contribution < -0.4 is 0 Å². The van der Waals surface area contributed by atoms with E-state index < -0.39 is 6.10 Å². The molecule has 1 atom stereocenters. The van der Waals surface area contributed by atoms with Crippen molar-refractivity contribution < 1.29 is 14.6 Å². The van der Waals surface area contributed by atoms with Gasteiger partial charge in [-0.3, -0.25) is 4.79 Å². The molecule has 1 heterocycles. The summed E-state index contributed by atoms with van der Waals surface area (Å²) in [6, 6.07) is 0. The van der Waals surface area contributed by atoms with Gasteiger partial charge in [-0.05, 0) is 6.42 Å². The van der Waals surface area contributed by atoms with Gasteiger partial charge in [0.05, 0.1) is 31.4 Å². The van der Waals surface area contributed by atoms with Crippen molar-refractivity contribution in [3.63, 3.8) is 0 Å². The van der Waals surface area contributed by atoms with Crippen LogP contribution in [0.2, 0.25) is 0 Å². The largest absolute Gasteiger partial charge is 0.469 e. The lowest BCUT2D eigenvalue weighted by atomic mass is 10.1. The molecule has 78 valence electrons. The summed E-state index contributed by atoms with van der Waals surface area (Å²) in [7, 11) is 3.13. The van der Waals surface area contributed by atoms with Gasteiger partial charge in [-0.15, -0.1) is 0 Å². The number of esters is 1. The molecule has 1 unspecified atom stereocenters. The van der Waals surface area contributed by atoms with Crippen molar-refractivity contribution in [1.82, 2.24) is 9.55 Å². The van der Waals surface area contributed by atoms with Gasteiger partial charge in [-0.25, -0.2) is 4.98 Å². The molecule has 5 heteroatoms. The van der Waals surface area contributed by atoms with Crippen molar-refractivity contribution in [2.24, 2.45) is 7.05 Å². The topological polar surface area (TPSA) is 64.3 Å². The highest BCUT2D eigenvalue weighted by Crippen LogP contribution is 2.16. The monoisotopic (exact) mass is 198 g/mol. The number of nitrogens with zero attached hydrogens (tertiary/aromatic N) is 2. The standard InChI is InChI=1S/C9H14N2O3/c1-11-6-10-5-7(11)8(12)3-4-9(13)14-2/h5-6,8,12H,3-4H2,1-2H3. The van der Waals surface area contributed by atoms with E-state index in [1.165, 1.54) is 7.11 Å². The Kier molecular flexibility index (Phi) is 3.64. The lowest BCUT2D eigenvalue weighted by Gasteiger charge is -2.09. The lowest BCUT2D eigenvalue weighted by Crippen LogP contribution is -2.07. The molecule has 14 heavy (non-hydrogen) atoms. The first-order chi connectivity index (χ1) is 6.65. The van der Waals surface area contributed by atoms with E-state index in [0.717, 1.165) is 0 Å². The lowest BCUT2D eigenvalue weighted by molar-refractivity contribution is -0.141. The molecule has 0 aromatic carbocycles. The van der Waals surface area contributed by atoms with E-state index in [0.29, 0.717) is 12.1 Å². The molecule has 0 amide bonds. The molecule has 1 N–H and O–H groups in total. The number of methoxy groups -OCH3 is 1. The third-order valence-corrected chi connectivity index (χ3v) is 2.04. The second-order valence-electron chi connectivity index (χ2n) is 3.06. The number of ether oxygens (including phenoxy) is 1. The van der Waals surface area contributed by atoms with Gasteiger partial charge in [0.15, 0.2) is 0 Å². The van der Waals surface area contributed by atoms with Crippen LogP contribution in [0, 0.1) is 0 Å². The van der Waals surface area contributed by atoms with E-state index >= 15 is 0 Å². The van der Waals surface area contributed by atoms with Crippen molar-refractivity contribution >= 4 is 5.97 Å². The zero-order valence-electron chi connectivity index (χ0n) is 8.30. The summed E-state index contributed by atoms with van der Waals surface area (Å²) in [6.07, 6.45) is 3.09. The van der Waals surface area contributed by atoms with Crippen molar-refractivity contribution in [2.45, 2.75) is 18.9 Å². The van der Waals surface area contributed by atoms with Crippen LogP contribution in [0.4, 0.5) is 0 Å². The number of hydrogen-bond donors (Lipinski definition) is 1. The highest BCUT2D eigenvalue weighted by molar-refractivity contribution is 5.69. The van der Waals surface area contributed by atoms with Crippen molar-refractivity contribution in [2.75, 3.05) is 7.11 Å². The molecular formula is C9H14N2O3. The number of hydrogen-bond acceptors (Lipinski definition) is 4. The molecule has 1 rings (SSSR count). The van der Waals surface area contributed by atoms with Crippen LogP contribution in [0.5, 0.6) is 0 Å². The average Bonchev–Trinajstić information content (AvgIpc) is 2.60. The van der Waals surface area contributed by atoms with Gasteiger partial charge in [-0.2, -0.15) is 0 Å². The number of aromatic nitrogens is 2. The first-order valence-corrected chi connectivity index (χ1v) is 4.36. The summed E-state index contributed by atoms with van der Waals surface area (Å²) in [4.78, 5) is 14.7. The van der Waals surface area contributed by atoms with Gasteiger partial charge >= 0.3 is 5.97 Å². The van der Waals surface area contributed by atoms with Gasteiger partial charge in [0, 0.05) is 13.5 Å². The minimum atomic E-state index is -0.665. The molecule has 0 spiro atoms. The molecule has 5 nitrogen and oxygen atoms in total. The Morgan fingerprint density at radius 3 is 3.00 bits per heavy atom. The van der Waals surface area contributed by atoms with Crippen molar-refractivity contribution in [3.05, 3.63) is 18.2 Å². The Labute approximate surface area is 82.3 Å². The fourth-order valence-corrected chi connectivity index (χ4v) is 1.19. The summed E-state index contributed by atoms with van der Waals surface area (Å²) in [5, 5.41) is 9.67. The zero-order valence-corrected chi connectivity index (χ0v) is 8.30. The Morgan fingerprint density at radius 1 is 1.79 bits per heavy atom. The van der Waals surface area contributed by atoms with Crippen LogP contribution in [0.25, 0.3) is 0 Å². The van der Waals surface area contributed by atoms with E-state index in [1.54, 1.807) is 24.1 Å². The Balaban J connectivity index is 2.47. The molecule has 0 saturated heterocycles. The molecule has 0 fully saturated rings. The van der Waals surface area contributed by atoms with Gasteiger partial charge in [0.1, 0.15) is 0 Å². The Bertz CT molecular complexity index is 309. The number of aliphatic hydroxyl groups excluding tert-OH is 1. The minimum Gasteiger partial charge on any atom is -0.469 e. The highest BCUT2D eigenvalue weighted by atomic mass is 16.5. The van der Waals surface area contributed by atoms with Crippen LogP contribution in [-0.2, 0) is 16.6 Å². The van der Waals surface area contributed by atoms with Gasteiger partial charge in [-0.1, -0.05) is 0 Å². The SMILES string of the molecule is COC(=O)CCC(O)c1cncn1C. The van der Waals surface area contributed by atoms with Gasteiger partial charge in [0.2, 0.25) is 0 Å². The molecule has 1 aromatic heterocycles. The molecule has 0 aliphatic carbocycles. The number of rotatable bonds is 4. The van der Waals surface area contributed by atoms with Crippen LogP contribution in [0.1, 0.15) is 24.6 Å². The van der Waals surface area contributed by atoms with Crippen LogP contribution in [0.3, 0.4) is 0 Å². The first-order valence-electron chi connectivity index (χ1n) is 4.36.